The van der Waals surface area contributed by atoms with Gasteiger partial charge >= 0.3 is 6.18 Å². The van der Waals surface area contributed by atoms with Crippen LogP contribution in [0.4, 0.5) is 24.8 Å². The summed E-state index contributed by atoms with van der Waals surface area (Å²) < 4.78 is 38.3. The van der Waals surface area contributed by atoms with Gasteiger partial charge in [-0.05, 0) is 35.9 Å². The molecule has 0 aliphatic heterocycles. The molecule has 0 saturated heterocycles. The number of rotatable bonds is 4. The summed E-state index contributed by atoms with van der Waals surface area (Å²) in [6, 6.07) is 11.2. The zero-order chi connectivity index (χ0) is 18.0. The molecule has 2 aromatic carbocycles. The molecular weight excluding hydrogens is 357 g/mol. The average molecular weight is 369 g/mol. The van der Waals surface area contributed by atoms with Gasteiger partial charge < -0.3 is 10.4 Å². The Hall–Kier alpha value is -2.58. The fourth-order valence-corrected chi connectivity index (χ4v) is 2.38. The predicted octanol–water partition coefficient (Wildman–Crippen LogP) is 4.30. The summed E-state index contributed by atoms with van der Waals surface area (Å²) in [5.41, 5.74) is -0.160. The van der Waals surface area contributed by atoms with Gasteiger partial charge in [-0.3, -0.25) is 5.10 Å². The molecule has 0 aliphatic carbocycles. The first-order valence-corrected chi connectivity index (χ1v) is 7.51. The zero-order valence-electron chi connectivity index (χ0n) is 12.5. The molecule has 9 heteroatoms. The number of hydrogen-bond acceptors (Lipinski definition) is 4. The standard InChI is InChI=1S/C16H12ClF3N4O/c17-11-5-2-6-12(8-11)21-15-22-14(23-24-15)13(25)9-3-1-4-10(7-9)16(18,19)20/h1-8,13,25H,(H2,21,22,23,24). The molecule has 3 N–H and O–H groups in total. The van der Waals surface area contributed by atoms with Crippen molar-refractivity contribution in [2.45, 2.75) is 12.3 Å². The molecule has 0 spiro atoms. The third kappa shape index (κ3) is 4.09. The van der Waals surface area contributed by atoms with E-state index >= 15 is 0 Å². The second-order valence-electron chi connectivity index (χ2n) is 5.21. The van der Waals surface area contributed by atoms with Gasteiger partial charge in [-0.15, -0.1) is 5.10 Å². The van der Waals surface area contributed by atoms with Crippen LogP contribution in [0.25, 0.3) is 0 Å². The van der Waals surface area contributed by atoms with E-state index in [0.717, 1.165) is 12.1 Å². The molecule has 3 rings (SSSR count). The van der Waals surface area contributed by atoms with Crippen molar-refractivity contribution in [1.82, 2.24) is 15.2 Å². The molecule has 0 aliphatic rings. The average Bonchev–Trinajstić information content (AvgIpc) is 3.02. The van der Waals surface area contributed by atoms with Crippen LogP contribution in [0.2, 0.25) is 5.02 Å². The van der Waals surface area contributed by atoms with E-state index in [1.54, 1.807) is 24.3 Å². The van der Waals surface area contributed by atoms with Crippen LogP contribution in [0.1, 0.15) is 23.1 Å². The third-order valence-electron chi connectivity index (χ3n) is 3.37. The molecule has 1 unspecified atom stereocenters. The van der Waals surface area contributed by atoms with Gasteiger partial charge in [0.05, 0.1) is 5.56 Å². The van der Waals surface area contributed by atoms with Crippen molar-refractivity contribution >= 4 is 23.2 Å². The molecule has 1 heterocycles. The maximum Gasteiger partial charge on any atom is 0.416 e. The monoisotopic (exact) mass is 368 g/mol. The number of benzene rings is 2. The lowest BCUT2D eigenvalue weighted by Crippen LogP contribution is -2.08. The summed E-state index contributed by atoms with van der Waals surface area (Å²) in [4.78, 5) is 4.05. The zero-order valence-corrected chi connectivity index (χ0v) is 13.3. The van der Waals surface area contributed by atoms with Gasteiger partial charge in [0, 0.05) is 10.7 Å². The number of aromatic nitrogens is 3. The molecule has 0 bridgehead atoms. The van der Waals surface area contributed by atoms with Gasteiger partial charge in [0.25, 0.3) is 0 Å². The summed E-state index contributed by atoms with van der Waals surface area (Å²) >= 11 is 5.88. The molecule has 1 atom stereocenters. The van der Waals surface area contributed by atoms with E-state index in [1.165, 1.54) is 12.1 Å². The highest BCUT2D eigenvalue weighted by Crippen LogP contribution is 2.31. The van der Waals surface area contributed by atoms with Gasteiger partial charge in [0.1, 0.15) is 6.10 Å². The fraction of sp³-hybridized carbons (Fsp3) is 0.125. The highest BCUT2D eigenvalue weighted by Gasteiger charge is 2.31. The van der Waals surface area contributed by atoms with Crippen molar-refractivity contribution in [3.63, 3.8) is 0 Å². The van der Waals surface area contributed by atoms with E-state index in [1.807, 2.05) is 0 Å². The Morgan fingerprint density at radius 3 is 2.60 bits per heavy atom. The second kappa shape index (κ2) is 6.73. The van der Waals surface area contributed by atoms with Crippen LogP contribution in [0.5, 0.6) is 0 Å². The Labute approximate surface area is 145 Å². The molecule has 130 valence electrons. The highest BCUT2D eigenvalue weighted by molar-refractivity contribution is 6.30. The molecule has 0 fully saturated rings. The van der Waals surface area contributed by atoms with E-state index in [-0.39, 0.29) is 17.3 Å². The van der Waals surface area contributed by atoms with E-state index < -0.39 is 17.8 Å². The van der Waals surface area contributed by atoms with Crippen LogP contribution < -0.4 is 5.32 Å². The minimum absolute atomic E-state index is 0.0175. The van der Waals surface area contributed by atoms with E-state index in [2.05, 4.69) is 20.5 Å². The molecule has 0 radical (unpaired) electrons. The minimum Gasteiger partial charge on any atom is -0.380 e. The number of H-pyrrole nitrogens is 1. The van der Waals surface area contributed by atoms with Crippen LogP contribution in [0.15, 0.2) is 48.5 Å². The van der Waals surface area contributed by atoms with Gasteiger partial charge in [0.2, 0.25) is 5.95 Å². The molecular formula is C16H12ClF3N4O. The van der Waals surface area contributed by atoms with Crippen molar-refractivity contribution in [3.8, 4) is 0 Å². The van der Waals surface area contributed by atoms with Crippen LogP contribution in [-0.4, -0.2) is 20.3 Å². The Balaban J connectivity index is 1.80. The molecule has 1 aromatic heterocycles. The Morgan fingerprint density at radius 2 is 1.88 bits per heavy atom. The van der Waals surface area contributed by atoms with Crippen LogP contribution in [0, 0.1) is 0 Å². The summed E-state index contributed by atoms with van der Waals surface area (Å²) in [7, 11) is 0. The molecule has 0 saturated carbocycles. The predicted molar refractivity (Wildman–Crippen MR) is 86.6 cm³/mol. The van der Waals surface area contributed by atoms with Crippen molar-refractivity contribution < 1.29 is 18.3 Å². The molecule has 0 amide bonds. The van der Waals surface area contributed by atoms with Crippen LogP contribution in [0.3, 0.4) is 0 Å². The Bertz CT molecular complexity index is 882. The topological polar surface area (TPSA) is 73.8 Å². The van der Waals surface area contributed by atoms with E-state index in [9.17, 15) is 18.3 Å². The second-order valence-corrected chi connectivity index (χ2v) is 5.64. The van der Waals surface area contributed by atoms with Gasteiger partial charge in [-0.2, -0.15) is 18.2 Å². The lowest BCUT2D eigenvalue weighted by atomic mass is 10.1. The first-order chi connectivity index (χ1) is 11.8. The van der Waals surface area contributed by atoms with Gasteiger partial charge in [-0.25, -0.2) is 0 Å². The minimum atomic E-state index is -4.49. The molecule has 25 heavy (non-hydrogen) atoms. The fourth-order valence-electron chi connectivity index (χ4n) is 2.19. The number of nitrogens with zero attached hydrogens (tertiary/aromatic N) is 2. The normalized spacial score (nSPS) is 12.8. The number of hydrogen-bond donors (Lipinski definition) is 3. The Morgan fingerprint density at radius 1 is 1.12 bits per heavy atom. The number of nitrogens with one attached hydrogen (secondary N) is 2. The SMILES string of the molecule is OC(c1cccc(C(F)(F)F)c1)c1nc(Nc2cccc(Cl)c2)n[nH]1. The van der Waals surface area contributed by atoms with Gasteiger partial charge in [-0.1, -0.05) is 29.8 Å². The van der Waals surface area contributed by atoms with Crippen LogP contribution in [-0.2, 0) is 6.18 Å². The lowest BCUT2D eigenvalue weighted by Gasteiger charge is -2.11. The van der Waals surface area contributed by atoms with Gasteiger partial charge in [0.15, 0.2) is 5.82 Å². The van der Waals surface area contributed by atoms with Crippen molar-refractivity contribution in [1.29, 1.82) is 0 Å². The number of aliphatic hydroxyl groups excluding tert-OH is 1. The van der Waals surface area contributed by atoms with Crippen molar-refractivity contribution in [2.24, 2.45) is 0 Å². The van der Waals surface area contributed by atoms with Crippen LogP contribution >= 0.6 is 11.6 Å². The maximum atomic E-state index is 12.8. The first-order valence-electron chi connectivity index (χ1n) is 7.13. The van der Waals surface area contributed by atoms with Crippen molar-refractivity contribution in [2.75, 3.05) is 5.32 Å². The Kier molecular flexibility index (Phi) is 4.65. The quantitative estimate of drug-likeness (QED) is 0.642. The number of alkyl halides is 3. The summed E-state index contributed by atoms with van der Waals surface area (Å²) in [5.74, 6) is 0.173. The number of aromatic amines is 1. The lowest BCUT2D eigenvalue weighted by molar-refractivity contribution is -0.137. The smallest absolute Gasteiger partial charge is 0.380 e. The number of halogens is 4. The number of anilines is 2. The van der Waals surface area contributed by atoms with E-state index in [4.69, 9.17) is 11.6 Å². The molecule has 3 aromatic rings. The molecule has 5 nitrogen and oxygen atoms in total. The highest BCUT2D eigenvalue weighted by atomic mass is 35.5. The largest absolute Gasteiger partial charge is 0.416 e. The van der Waals surface area contributed by atoms with E-state index in [0.29, 0.717) is 10.7 Å². The number of aliphatic hydroxyl groups is 1. The third-order valence-corrected chi connectivity index (χ3v) is 3.61. The summed E-state index contributed by atoms with van der Waals surface area (Å²) in [6.07, 6.45) is -5.86. The summed E-state index contributed by atoms with van der Waals surface area (Å²) in [5, 5.41) is 20.0. The maximum absolute atomic E-state index is 12.8. The first kappa shape index (κ1) is 17.2. The van der Waals surface area contributed by atoms with Crippen molar-refractivity contribution in [3.05, 3.63) is 70.5 Å². The summed E-state index contributed by atoms with van der Waals surface area (Å²) in [6.45, 7) is 0.